The molecule has 2 rings (SSSR count). The Hall–Kier alpha value is -2.13. The molecule has 2 aromatic rings. The summed E-state index contributed by atoms with van der Waals surface area (Å²) in [6.45, 7) is -1.40. The standard InChI is InChI=1S/C7H8N4O5/c12-1-10-3-4(8-6(10)15)11(2-13)7(16)9-5(3)14/h12-13H,1-2H2,(H,8,15)(H,9,14,16). The predicted molar refractivity (Wildman–Crippen MR) is 51.9 cm³/mol. The zero-order valence-electron chi connectivity index (χ0n) is 7.93. The minimum Gasteiger partial charge on any atom is -0.376 e. The third-order valence-corrected chi connectivity index (χ3v) is 2.20. The molecule has 9 nitrogen and oxygen atoms in total. The van der Waals surface area contributed by atoms with Gasteiger partial charge in [0.2, 0.25) is 0 Å². The van der Waals surface area contributed by atoms with Crippen molar-refractivity contribution in [2.24, 2.45) is 0 Å². The van der Waals surface area contributed by atoms with Crippen molar-refractivity contribution in [2.75, 3.05) is 0 Å². The number of hydrogen-bond acceptors (Lipinski definition) is 5. The van der Waals surface area contributed by atoms with Crippen LogP contribution in [0, 0.1) is 0 Å². The largest absolute Gasteiger partial charge is 0.376 e. The van der Waals surface area contributed by atoms with Gasteiger partial charge < -0.3 is 10.2 Å². The van der Waals surface area contributed by atoms with Crippen molar-refractivity contribution in [1.82, 2.24) is 19.1 Å². The van der Waals surface area contributed by atoms with Crippen LogP contribution in [0.3, 0.4) is 0 Å². The molecule has 0 unspecified atom stereocenters. The van der Waals surface area contributed by atoms with Gasteiger partial charge in [-0.25, -0.2) is 9.59 Å². The molecule has 0 bridgehead atoms. The third kappa shape index (κ3) is 1.22. The summed E-state index contributed by atoms with van der Waals surface area (Å²) in [6, 6.07) is 0. The maximum atomic E-state index is 11.4. The number of nitrogens with zero attached hydrogens (tertiary/aromatic N) is 2. The van der Waals surface area contributed by atoms with E-state index in [1.165, 1.54) is 0 Å². The van der Waals surface area contributed by atoms with E-state index < -0.39 is 30.4 Å². The lowest BCUT2D eigenvalue weighted by atomic mass is 10.5. The van der Waals surface area contributed by atoms with E-state index in [9.17, 15) is 14.4 Å². The molecule has 2 heterocycles. The maximum absolute atomic E-state index is 11.4. The molecule has 0 fully saturated rings. The van der Waals surface area contributed by atoms with E-state index in [-0.39, 0.29) is 11.2 Å². The molecule has 2 aromatic heterocycles. The molecule has 0 aliphatic heterocycles. The topological polar surface area (TPSA) is 133 Å². The molecule has 0 aliphatic rings. The Morgan fingerprint density at radius 1 is 0.938 bits per heavy atom. The number of hydrogen-bond donors (Lipinski definition) is 4. The summed E-state index contributed by atoms with van der Waals surface area (Å²) in [5.41, 5.74) is -2.71. The molecule has 0 spiro atoms. The van der Waals surface area contributed by atoms with Gasteiger partial charge in [-0.1, -0.05) is 0 Å². The molecule has 0 saturated carbocycles. The minimum atomic E-state index is -0.841. The summed E-state index contributed by atoms with van der Waals surface area (Å²) < 4.78 is 1.52. The maximum Gasteiger partial charge on any atom is 0.331 e. The lowest BCUT2D eigenvalue weighted by Crippen LogP contribution is -2.31. The van der Waals surface area contributed by atoms with Crippen LogP contribution in [-0.2, 0) is 13.5 Å². The Labute approximate surface area is 86.2 Å². The van der Waals surface area contributed by atoms with Crippen molar-refractivity contribution in [3.63, 3.8) is 0 Å². The average Bonchev–Trinajstić information content (AvgIpc) is 2.55. The molecular weight excluding hydrogens is 220 g/mol. The number of fused-ring (bicyclic) bond motifs is 1. The van der Waals surface area contributed by atoms with Gasteiger partial charge in [0.15, 0.2) is 11.2 Å². The highest BCUT2D eigenvalue weighted by atomic mass is 16.3. The Morgan fingerprint density at radius 3 is 2.06 bits per heavy atom. The number of H-pyrrole nitrogens is 2. The SMILES string of the molecule is O=c1[nH]c(=O)n(CO)c2[nH]c(=O)n(CO)c12. The molecule has 16 heavy (non-hydrogen) atoms. The van der Waals surface area contributed by atoms with Crippen LogP contribution in [0.5, 0.6) is 0 Å². The average molecular weight is 228 g/mol. The fraction of sp³-hybridized carbons (Fsp3) is 0.286. The lowest BCUT2D eigenvalue weighted by Gasteiger charge is -2.01. The predicted octanol–water partition coefficient (Wildman–Crippen LogP) is -2.92. The molecule has 0 atom stereocenters. The summed E-state index contributed by atoms with van der Waals surface area (Å²) in [5.74, 6) is 0. The van der Waals surface area contributed by atoms with E-state index >= 15 is 0 Å². The Morgan fingerprint density at radius 2 is 1.50 bits per heavy atom. The number of aromatic amines is 2. The fourth-order valence-electron chi connectivity index (χ4n) is 1.48. The van der Waals surface area contributed by atoms with Crippen LogP contribution in [-0.4, -0.2) is 29.3 Å². The first kappa shape index (κ1) is 10.4. The van der Waals surface area contributed by atoms with Crippen molar-refractivity contribution >= 4 is 11.2 Å². The van der Waals surface area contributed by atoms with Crippen LogP contribution in [0.2, 0.25) is 0 Å². The number of nitrogens with one attached hydrogen (secondary N) is 2. The summed E-state index contributed by atoms with van der Waals surface area (Å²) in [4.78, 5) is 38.1. The molecule has 9 heteroatoms. The molecule has 0 aliphatic carbocycles. The van der Waals surface area contributed by atoms with Gasteiger partial charge in [0.25, 0.3) is 5.56 Å². The molecule has 86 valence electrons. The zero-order chi connectivity index (χ0) is 11.9. The van der Waals surface area contributed by atoms with E-state index in [0.29, 0.717) is 0 Å². The number of rotatable bonds is 2. The fourth-order valence-corrected chi connectivity index (χ4v) is 1.48. The van der Waals surface area contributed by atoms with Gasteiger partial charge in [0, 0.05) is 0 Å². The van der Waals surface area contributed by atoms with Gasteiger partial charge >= 0.3 is 11.4 Å². The Kier molecular flexibility index (Phi) is 2.25. The minimum absolute atomic E-state index is 0.129. The van der Waals surface area contributed by atoms with Gasteiger partial charge in [0.1, 0.15) is 13.5 Å². The van der Waals surface area contributed by atoms with Crippen molar-refractivity contribution < 1.29 is 10.2 Å². The van der Waals surface area contributed by atoms with Crippen molar-refractivity contribution in [3.8, 4) is 0 Å². The van der Waals surface area contributed by atoms with Crippen LogP contribution in [0.4, 0.5) is 0 Å². The second kappa shape index (κ2) is 3.47. The van der Waals surface area contributed by atoms with Gasteiger partial charge in [-0.05, 0) is 0 Å². The van der Waals surface area contributed by atoms with Gasteiger partial charge in [0.05, 0.1) is 0 Å². The molecule has 0 saturated heterocycles. The van der Waals surface area contributed by atoms with E-state index in [4.69, 9.17) is 10.2 Å². The molecular formula is C7H8N4O5. The highest BCUT2D eigenvalue weighted by Gasteiger charge is 2.14. The Bertz CT molecular complexity index is 702. The zero-order valence-corrected chi connectivity index (χ0v) is 7.93. The van der Waals surface area contributed by atoms with Crippen molar-refractivity contribution in [3.05, 3.63) is 31.3 Å². The number of aliphatic hydroxyl groups is 2. The van der Waals surface area contributed by atoms with Gasteiger partial charge in [-0.2, -0.15) is 0 Å². The molecule has 0 radical (unpaired) electrons. The normalized spacial score (nSPS) is 11.1. The smallest absolute Gasteiger partial charge is 0.331 e. The van der Waals surface area contributed by atoms with Crippen LogP contribution >= 0.6 is 0 Å². The summed E-state index contributed by atoms with van der Waals surface area (Å²) in [7, 11) is 0. The second-order valence-electron chi connectivity index (χ2n) is 3.03. The van der Waals surface area contributed by atoms with Crippen LogP contribution in [0.25, 0.3) is 11.2 Å². The number of aromatic nitrogens is 4. The van der Waals surface area contributed by atoms with E-state index in [2.05, 4.69) is 4.98 Å². The molecule has 0 aromatic carbocycles. The van der Waals surface area contributed by atoms with E-state index in [0.717, 1.165) is 9.13 Å². The monoisotopic (exact) mass is 228 g/mol. The molecule has 0 amide bonds. The third-order valence-electron chi connectivity index (χ3n) is 2.20. The van der Waals surface area contributed by atoms with E-state index in [1.54, 1.807) is 0 Å². The van der Waals surface area contributed by atoms with Gasteiger partial charge in [-0.3, -0.25) is 23.9 Å². The van der Waals surface area contributed by atoms with Crippen molar-refractivity contribution in [2.45, 2.75) is 13.5 Å². The highest BCUT2D eigenvalue weighted by Crippen LogP contribution is 2.00. The number of aliphatic hydroxyl groups excluding tert-OH is 2. The lowest BCUT2D eigenvalue weighted by molar-refractivity contribution is 0.207. The van der Waals surface area contributed by atoms with Crippen LogP contribution in [0.15, 0.2) is 14.4 Å². The summed E-state index contributed by atoms with van der Waals surface area (Å²) >= 11 is 0. The summed E-state index contributed by atoms with van der Waals surface area (Å²) in [6.07, 6.45) is 0. The first-order chi connectivity index (χ1) is 7.60. The van der Waals surface area contributed by atoms with Crippen LogP contribution < -0.4 is 16.9 Å². The summed E-state index contributed by atoms with van der Waals surface area (Å²) in [5, 5.41) is 17.8. The van der Waals surface area contributed by atoms with Gasteiger partial charge in [-0.15, -0.1) is 0 Å². The second-order valence-corrected chi connectivity index (χ2v) is 3.03. The quantitative estimate of drug-likeness (QED) is 0.437. The Balaban J connectivity index is 3.11. The molecule has 4 N–H and O–H groups in total. The van der Waals surface area contributed by atoms with Crippen LogP contribution in [0.1, 0.15) is 0 Å². The number of imidazole rings is 1. The highest BCUT2D eigenvalue weighted by molar-refractivity contribution is 5.69. The first-order valence-electron chi connectivity index (χ1n) is 4.27. The first-order valence-corrected chi connectivity index (χ1v) is 4.27. The van der Waals surface area contributed by atoms with Crippen molar-refractivity contribution in [1.29, 1.82) is 0 Å². The van der Waals surface area contributed by atoms with E-state index in [1.807, 2.05) is 4.98 Å².